The zero-order valence-corrected chi connectivity index (χ0v) is 42.6. The van der Waals surface area contributed by atoms with Crippen LogP contribution in [-0.4, -0.2) is 49.3 Å². The Bertz CT molecular complexity index is 2040. The quantitative estimate of drug-likeness (QED) is 0.0788. The van der Waals surface area contributed by atoms with Gasteiger partial charge in [-0.3, -0.25) is 0 Å². The first kappa shape index (κ1) is 65.9. The number of hydrogen-bond acceptors (Lipinski definition) is 8. The molecule has 0 bridgehead atoms. The van der Waals surface area contributed by atoms with Crippen LogP contribution in [0, 0.1) is 62.3 Å². The molecule has 0 saturated carbocycles. The number of aryl methyl sites for hydroxylation is 1. The minimum absolute atomic E-state index is 0. The zero-order valence-electron chi connectivity index (χ0n) is 42.6. The molecular formula is C56H104N8. The van der Waals surface area contributed by atoms with Crippen molar-refractivity contribution >= 4 is 45.5 Å². The van der Waals surface area contributed by atoms with Crippen LogP contribution in [0.1, 0.15) is 181 Å². The summed E-state index contributed by atoms with van der Waals surface area (Å²) in [5.74, 6) is 2.15. The van der Waals surface area contributed by atoms with Crippen LogP contribution in [0.15, 0.2) is 18.2 Å². The molecule has 9 N–H and O–H groups in total. The van der Waals surface area contributed by atoms with E-state index >= 15 is 0 Å². The Morgan fingerprint density at radius 2 is 0.750 bits per heavy atom. The molecule has 0 spiro atoms. The first-order valence-corrected chi connectivity index (χ1v) is 22.0. The van der Waals surface area contributed by atoms with Crippen LogP contribution in [0.4, 0.5) is 45.5 Å². The predicted octanol–water partition coefficient (Wildman–Crippen LogP) is 16.0. The van der Waals surface area contributed by atoms with Gasteiger partial charge in [0.2, 0.25) is 0 Å². The molecule has 4 aromatic rings. The number of anilines is 8. The molecule has 0 saturated heterocycles. The van der Waals surface area contributed by atoms with Crippen LogP contribution in [0.2, 0.25) is 0 Å². The molecule has 0 aromatic heterocycles. The molecule has 0 aliphatic rings. The third-order valence-corrected chi connectivity index (χ3v) is 12.2. The molecule has 368 valence electrons. The fraction of sp³-hybridized carbons (Fsp3) is 0.571. The molecule has 0 fully saturated rings. The van der Waals surface area contributed by atoms with Crippen LogP contribution < -0.4 is 43.0 Å². The van der Waals surface area contributed by atoms with Gasteiger partial charge in [0.05, 0.1) is 0 Å². The average Bonchev–Trinajstić information content (AvgIpc) is 3.17. The lowest BCUT2D eigenvalue weighted by Crippen LogP contribution is -2.16. The van der Waals surface area contributed by atoms with Crippen LogP contribution in [0.5, 0.6) is 0 Å². The van der Waals surface area contributed by atoms with E-state index in [-0.39, 0.29) is 29.7 Å². The van der Waals surface area contributed by atoms with Gasteiger partial charge in [-0.05, 0) is 177 Å². The maximum atomic E-state index is 6.09. The van der Waals surface area contributed by atoms with Crippen LogP contribution >= 0.6 is 0 Å². The predicted molar refractivity (Wildman–Crippen MR) is 303 cm³/mol. The van der Waals surface area contributed by atoms with E-state index in [0.717, 1.165) is 17.1 Å². The summed E-state index contributed by atoms with van der Waals surface area (Å²) in [7, 11) is 14.1. The SMILES string of the molecule is C.C.C.C.CNc1c(C)c(N(C)C)c(C)c(C)c1C(C)C.CNc1c(C)c(N)c(C)c(C)c1C(C)C.CNc1cc(N)cc(C)c1C(C)C.CNc1cc(NC)c(C(C)C)c(C)c1C. The molecule has 0 aliphatic carbocycles. The molecule has 64 heavy (non-hydrogen) atoms. The minimum Gasteiger partial charge on any atom is -0.399 e. The van der Waals surface area contributed by atoms with E-state index in [1.54, 1.807) is 0 Å². The van der Waals surface area contributed by atoms with Gasteiger partial charge in [-0.1, -0.05) is 85.1 Å². The highest BCUT2D eigenvalue weighted by atomic mass is 15.1. The summed E-state index contributed by atoms with van der Waals surface area (Å²) in [6.45, 7) is 37.3. The number of rotatable bonds is 10. The van der Waals surface area contributed by atoms with Gasteiger partial charge in [0.25, 0.3) is 0 Å². The van der Waals surface area contributed by atoms with Crippen LogP contribution in [0.25, 0.3) is 0 Å². The molecule has 0 unspecified atom stereocenters. The third kappa shape index (κ3) is 15.2. The Morgan fingerprint density at radius 1 is 0.391 bits per heavy atom. The summed E-state index contributed by atoms with van der Waals surface area (Å²) in [6, 6.07) is 6.20. The van der Waals surface area contributed by atoms with E-state index in [0.29, 0.717) is 23.7 Å². The number of benzene rings is 4. The van der Waals surface area contributed by atoms with Crippen molar-refractivity contribution in [3.63, 3.8) is 0 Å². The molecule has 0 aliphatic heterocycles. The van der Waals surface area contributed by atoms with Gasteiger partial charge >= 0.3 is 0 Å². The molecule has 4 aromatic carbocycles. The average molecular weight is 890 g/mol. The largest absolute Gasteiger partial charge is 0.399 e. The molecule has 8 nitrogen and oxygen atoms in total. The van der Waals surface area contributed by atoms with E-state index in [4.69, 9.17) is 11.5 Å². The highest BCUT2D eigenvalue weighted by Crippen LogP contribution is 2.40. The number of nitrogen functional groups attached to an aromatic ring is 2. The Labute approximate surface area is 398 Å². The summed E-state index contributed by atoms with van der Waals surface area (Å²) in [4.78, 5) is 2.21. The maximum absolute atomic E-state index is 6.09. The minimum atomic E-state index is 0. The van der Waals surface area contributed by atoms with Gasteiger partial charge in [-0.2, -0.15) is 0 Å². The summed E-state index contributed by atoms with van der Waals surface area (Å²) in [5, 5.41) is 16.4. The molecule has 8 heteroatoms. The summed E-state index contributed by atoms with van der Waals surface area (Å²) in [6.07, 6.45) is 0. The van der Waals surface area contributed by atoms with Gasteiger partial charge in [0.1, 0.15) is 0 Å². The van der Waals surface area contributed by atoms with Crippen LogP contribution in [0.3, 0.4) is 0 Å². The van der Waals surface area contributed by atoms with Crippen molar-refractivity contribution in [2.75, 3.05) is 92.3 Å². The highest BCUT2D eigenvalue weighted by molar-refractivity contribution is 5.76. The second-order valence-electron chi connectivity index (χ2n) is 17.8. The monoisotopic (exact) mass is 889 g/mol. The molecule has 0 heterocycles. The van der Waals surface area contributed by atoms with Crippen molar-refractivity contribution in [1.82, 2.24) is 0 Å². The van der Waals surface area contributed by atoms with Crippen molar-refractivity contribution in [3.8, 4) is 0 Å². The van der Waals surface area contributed by atoms with E-state index < -0.39 is 0 Å². The fourth-order valence-corrected chi connectivity index (χ4v) is 9.08. The standard InChI is InChI=1S/C15H26N2.2C13H22N2.C11H18N2.4CH4/c1-9(2)13-10(3)11(4)15(17(7)8)12(5)14(13)16-6;1-8(2)13-10(4)9(3)11(14-5)7-12(13)15-6;1-7(2)11-8(3)9(4)12(14)10(5)13(11)15-6;1-7(2)11-8(3)5-9(12)6-10(11)13-4;;;;/h9,16H,1-8H3;7-8,14-15H,1-6H3;7,15H,14H2,1-6H3;5-7,13H,12H2,1-4H3;4*1H4. The number of nitrogens with two attached hydrogens (primary N) is 2. The first-order chi connectivity index (χ1) is 27.8. The van der Waals surface area contributed by atoms with Gasteiger partial charge in [-0.15, -0.1) is 0 Å². The summed E-state index contributed by atoms with van der Waals surface area (Å²) in [5.41, 5.74) is 38.5. The lowest BCUT2D eigenvalue weighted by atomic mass is 9.88. The van der Waals surface area contributed by atoms with Crippen molar-refractivity contribution in [1.29, 1.82) is 0 Å². The molecule has 4 rings (SSSR count). The van der Waals surface area contributed by atoms with E-state index in [9.17, 15) is 0 Å². The number of hydrogen-bond donors (Lipinski definition) is 7. The summed E-state index contributed by atoms with van der Waals surface area (Å²) < 4.78 is 0. The molecule has 0 radical (unpaired) electrons. The Balaban J connectivity index is -0.000000369. The van der Waals surface area contributed by atoms with Gasteiger partial charge in [0, 0.05) is 94.8 Å². The Hall–Kier alpha value is -4.72. The second kappa shape index (κ2) is 28.9. The zero-order chi connectivity index (χ0) is 46.7. The van der Waals surface area contributed by atoms with Crippen molar-refractivity contribution in [3.05, 3.63) is 90.5 Å². The normalized spacial score (nSPS) is 10.1. The molecule has 0 atom stereocenters. The van der Waals surface area contributed by atoms with E-state index in [2.05, 4.69) is 169 Å². The van der Waals surface area contributed by atoms with Crippen molar-refractivity contribution in [2.45, 2.75) is 171 Å². The van der Waals surface area contributed by atoms with Crippen molar-refractivity contribution < 1.29 is 0 Å². The number of nitrogens with one attached hydrogen (secondary N) is 5. The molecule has 0 amide bonds. The molecular weight excluding hydrogens is 785 g/mol. The fourth-order valence-electron chi connectivity index (χ4n) is 9.08. The summed E-state index contributed by atoms with van der Waals surface area (Å²) >= 11 is 0. The van der Waals surface area contributed by atoms with Crippen LogP contribution in [-0.2, 0) is 0 Å². The maximum Gasteiger partial charge on any atom is 0.0444 e. The second-order valence-corrected chi connectivity index (χ2v) is 17.8. The lowest BCUT2D eigenvalue weighted by Gasteiger charge is -2.27. The lowest BCUT2D eigenvalue weighted by molar-refractivity contribution is 0.852. The van der Waals surface area contributed by atoms with E-state index in [1.165, 1.54) is 101 Å². The Kier molecular flexibility index (Phi) is 29.8. The van der Waals surface area contributed by atoms with Crippen molar-refractivity contribution in [2.24, 2.45) is 0 Å². The third-order valence-electron chi connectivity index (χ3n) is 12.2. The van der Waals surface area contributed by atoms with Gasteiger partial charge < -0.3 is 43.0 Å². The topological polar surface area (TPSA) is 115 Å². The first-order valence-electron chi connectivity index (χ1n) is 22.0. The van der Waals surface area contributed by atoms with Gasteiger partial charge in [0.15, 0.2) is 0 Å². The highest BCUT2D eigenvalue weighted by Gasteiger charge is 2.20. The number of nitrogens with zero attached hydrogens (tertiary/aromatic N) is 1. The smallest absolute Gasteiger partial charge is 0.0444 e. The van der Waals surface area contributed by atoms with E-state index in [1.807, 2.05) is 47.4 Å². The Morgan fingerprint density at radius 3 is 1.11 bits per heavy atom. The van der Waals surface area contributed by atoms with Gasteiger partial charge in [-0.25, -0.2) is 0 Å².